The predicted molar refractivity (Wildman–Crippen MR) is 69.2 cm³/mol. The number of halogens is 2. The Morgan fingerprint density at radius 2 is 1.84 bits per heavy atom. The Morgan fingerprint density at radius 3 is 2.63 bits per heavy atom. The van der Waals surface area contributed by atoms with Crippen molar-refractivity contribution in [3.05, 3.63) is 54.9 Å². The van der Waals surface area contributed by atoms with Gasteiger partial charge >= 0.3 is 7.47 Å². The molecule has 0 saturated heterocycles. The molecule has 0 bridgehead atoms. The molecule has 2 aromatic heterocycles. The summed E-state index contributed by atoms with van der Waals surface area (Å²) in [6.07, 6.45) is 3.63. The van der Waals surface area contributed by atoms with Gasteiger partial charge in [0, 0.05) is 18.0 Å². The Hall–Kier alpha value is -2.37. The van der Waals surface area contributed by atoms with E-state index < -0.39 is 7.47 Å². The molecule has 0 radical (unpaired) electrons. The fourth-order valence-corrected chi connectivity index (χ4v) is 1.94. The maximum Gasteiger partial charge on any atom is 0.796 e. The van der Waals surface area contributed by atoms with Crippen LogP contribution >= 0.6 is 0 Å². The summed E-state index contributed by atoms with van der Waals surface area (Å²) >= 11 is 0. The number of aromatic nitrogens is 2. The van der Waals surface area contributed by atoms with Gasteiger partial charge in [-0.15, -0.1) is 0 Å². The quantitative estimate of drug-likeness (QED) is 0.674. The molecule has 6 heteroatoms. The fourth-order valence-electron chi connectivity index (χ4n) is 1.94. The third-order valence-electron chi connectivity index (χ3n) is 2.74. The summed E-state index contributed by atoms with van der Waals surface area (Å²) in [5.41, 5.74) is 1.90. The zero-order valence-electron chi connectivity index (χ0n) is 9.83. The highest BCUT2D eigenvalue weighted by atomic mass is 19.2. The molecule has 0 atom stereocenters. The van der Waals surface area contributed by atoms with E-state index in [1.54, 1.807) is 24.4 Å². The van der Waals surface area contributed by atoms with Crippen molar-refractivity contribution in [2.75, 3.05) is 0 Å². The lowest BCUT2D eigenvalue weighted by Gasteiger charge is -2.06. The monoisotopic (exact) mass is 258 g/mol. The van der Waals surface area contributed by atoms with Crippen LogP contribution in [0, 0.1) is 0 Å². The lowest BCUT2D eigenvalue weighted by Crippen LogP contribution is -2.09. The molecule has 19 heavy (non-hydrogen) atoms. The molecule has 0 spiro atoms. The van der Waals surface area contributed by atoms with Crippen LogP contribution in [0.3, 0.4) is 0 Å². The minimum atomic E-state index is -2.85. The highest BCUT2D eigenvalue weighted by molar-refractivity contribution is 6.35. The maximum atomic E-state index is 12.4. The molecular formula is C13H9BF2N2O. The minimum Gasteiger partial charge on any atom is -0.505 e. The summed E-state index contributed by atoms with van der Waals surface area (Å²) < 4.78 is 31.1. The van der Waals surface area contributed by atoms with Crippen molar-refractivity contribution in [3.63, 3.8) is 0 Å². The SMILES string of the molecule is FB(F)Oc1ccccc1-c1cn2ccccc2n1. The van der Waals surface area contributed by atoms with Crippen LogP contribution in [0.25, 0.3) is 16.9 Å². The van der Waals surface area contributed by atoms with E-state index in [9.17, 15) is 8.63 Å². The number of pyridine rings is 1. The van der Waals surface area contributed by atoms with Crippen LogP contribution in [-0.4, -0.2) is 16.9 Å². The second-order valence-corrected chi connectivity index (χ2v) is 3.97. The topological polar surface area (TPSA) is 26.5 Å². The van der Waals surface area contributed by atoms with Gasteiger partial charge in [0.05, 0.1) is 5.69 Å². The number of nitrogens with zero attached hydrogens (tertiary/aromatic N) is 2. The van der Waals surface area contributed by atoms with Gasteiger partial charge in [0.15, 0.2) is 0 Å². The first-order valence-electron chi connectivity index (χ1n) is 5.72. The smallest absolute Gasteiger partial charge is 0.505 e. The molecule has 2 heterocycles. The van der Waals surface area contributed by atoms with E-state index in [0.29, 0.717) is 11.3 Å². The largest absolute Gasteiger partial charge is 0.796 e. The Labute approximate surface area is 108 Å². The first-order chi connectivity index (χ1) is 9.24. The first-order valence-corrected chi connectivity index (χ1v) is 5.72. The first kappa shape index (κ1) is 11.7. The van der Waals surface area contributed by atoms with E-state index in [-0.39, 0.29) is 5.75 Å². The third kappa shape index (κ3) is 2.29. The second kappa shape index (κ2) is 4.72. The zero-order chi connectivity index (χ0) is 13.2. The molecule has 3 aromatic rings. The average Bonchev–Trinajstić information content (AvgIpc) is 2.82. The van der Waals surface area contributed by atoms with Crippen LogP contribution in [0.2, 0.25) is 0 Å². The highest BCUT2D eigenvalue weighted by Crippen LogP contribution is 2.29. The van der Waals surface area contributed by atoms with Gasteiger partial charge in [0.25, 0.3) is 0 Å². The van der Waals surface area contributed by atoms with E-state index in [0.717, 1.165) is 5.65 Å². The Kier molecular flexibility index (Phi) is 2.91. The lowest BCUT2D eigenvalue weighted by molar-refractivity contribution is 0.427. The number of para-hydroxylation sites is 1. The van der Waals surface area contributed by atoms with Crippen molar-refractivity contribution in [1.29, 1.82) is 0 Å². The normalized spacial score (nSPS) is 10.6. The Balaban J connectivity index is 2.10. The van der Waals surface area contributed by atoms with E-state index in [4.69, 9.17) is 0 Å². The van der Waals surface area contributed by atoms with Gasteiger partial charge in [-0.1, -0.05) is 18.2 Å². The number of fused-ring (bicyclic) bond motifs is 1. The van der Waals surface area contributed by atoms with Gasteiger partial charge in [-0.3, -0.25) is 0 Å². The molecule has 0 unspecified atom stereocenters. The van der Waals surface area contributed by atoms with Crippen molar-refractivity contribution in [2.45, 2.75) is 0 Å². The summed E-state index contributed by atoms with van der Waals surface area (Å²) in [6.45, 7) is 0. The van der Waals surface area contributed by atoms with Gasteiger partial charge in [-0.2, -0.15) is 0 Å². The van der Waals surface area contributed by atoms with Crippen molar-refractivity contribution >= 4 is 13.1 Å². The van der Waals surface area contributed by atoms with Gasteiger partial charge in [-0.05, 0) is 24.3 Å². The molecule has 94 valence electrons. The molecular weight excluding hydrogens is 249 g/mol. The molecule has 0 aliphatic heterocycles. The number of hydrogen-bond acceptors (Lipinski definition) is 2. The molecule has 0 saturated carbocycles. The molecule has 0 aliphatic rings. The molecule has 1 aromatic carbocycles. The van der Waals surface area contributed by atoms with E-state index in [1.165, 1.54) is 6.07 Å². The van der Waals surface area contributed by atoms with Gasteiger partial charge < -0.3 is 9.06 Å². The number of rotatable bonds is 3. The summed E-state index contributed by atoms with van der Waals surface area (Å²) in [6, 6.07) is 12.2. The Morgan fingerprint density at radius 1 is 1.05 bits per heavy atom. The molecule has 3 nitrogen and oxygen atoms in total. The van der Waals surface area contributed by atoms with Gasteiger partial charge in [-0.25, -0.2) is 13.6 Å². The number of hydrogen-bond donors (Lipinski definition) is 0. The molecule has 0 amide bonds. The van der Waals surface area contributed by atoms with Crippen molar-refractivity contribution in [2.24, 2.45) is 0 Å². The van der Waals surface area contributed by atoms with Crippen molar-refractivity contribution in [1.82, 2.24) is 9.38 Å². The van der Waals surface area contributed by atoms with Crippen molar-refractivity contribution < 1.29 is 13.3 Å². The fraction of sp³-hybridized carbons (Fsp3) is 0. The van der Waals surface area contributed by atoms with Gasteiger partial charge in [0.2, 0.25) is 0 Å². The summed E-state index contributed by atoms with van der Waals surface area (Å²) in [7, 11) is -2.85. The summed E-state index contributed by atoms with van der Waals surface area (Å²) in [5, 5.41) is 0. The van der Waals surface area contributed by atoms with Crippen LogP contribution in [0.5, 0.6) is 5.75 Å². The number of benzene rings is 1. The molecule has 3 rings (SSSR count). The van der Waals surface area contributed by atoms with E-state index >= 15 is 0 Å². The number of imidazole rings is 1. The maximum absolute atomic E-state index is 12.4. The van der Waals surface area contributed by atoms with Crippen LogP contribution in [0.4, 0.5) is 8.63 Å². The minimum absolute atomic E-state index is 0.126. The lowest BCUT2D eigenvalue weighted by atomic mass is 10.1. The third-order valence-corrected chi connectivity index (χ3v) is 2.74. The van der Waals surface area contributed by atoms with Crippen LogP contribution in [-0.2, 0) is 0 Å². The Bertz CT molecular complexity index is 681. The molecule has 0 N–H and O–H groups in total. The van der Waals surface area contributed by atoms with Crippen molar-refractivity contribution in [3.8, 4) is 17.0 Å². The zero-order valence-corrected chi connectivity index (χ0v) is 9.83. The van der Waals surface area contributed by atoms with Crippen LogP contribution in [0.15, 0.2) is 54.9 Å². The summed E-state index contributed by atoms with van der Waals surface area (Å²) in [4.78, 5) is 4.39. The van der Waals surface area contributed by atoms with E-state index in [2.05, 4.69) is 9.64 Å². The van der Waals surface area contributed by atoms with E-state index in [1.807, 2.05) is 28.8 Å². The highest BCUT2D eigenvalue weighted by Gasteiger charge is 2.20. The van der Waals surface area contributed by atoms with Gasteiger partial charge in [0.1, 0.15) is 11.4 Å². The predicted octanol–water partition coefficient (Wildman–Crippen LogP) is 3.30. The van der Waals surface area contributed by atoms with Crippen LogP contribution < -0.4 is 4.65 Å². The standard InChI is InChI=1S/C13H9BF2N2O/c15-14(16)19-12-6-2-1-5-10(12)11-9-18-8-4-3-7-13(18)17-11/h1-9H. The van der Waals surface area contributed by atoms with Crippen LogP contribution in [0.1, 0.15) is 0 Å². The molecule has 0 fully saturated rings. The molecule has 0 aliphatic carbocycles. The second-order valence-electron chi connectivity index (χ2n) is 3.97. The summed E-state index contributed by atoms with van der Waals surface area (Å²) in [5.74, 6) is 0.126. The average molecular weight is 258 g/mol.